The number of carbonyl (C=O) groups is 2. The standard InChI is InChI=1S/C23H17FN2O6S/c1-30-19-10-13(2-8-17(19)31-12-16-7-9-18(32-16)22(28)29)11-20-21(27)26-23(33-20)25-15-5-3-14(24)4-6-15/h2-11H,12H2,1H3,(H,28,29)(H,25,26,27). The Morgan fingerprint density at radius 2 is 1.97 bits per heavy atom. The maximum atomic E-state index is 13.0. The van der Waals surface area contributed by atoms with Crippen LogP contribution in [0.3, 0.4) is 0 Å². The third-order valence-corrected chi connectivity index (χ3v) is 5.35. The second kappa shape index (κ2) is 9.61. The van der Waals surface area contributed by atoms with Crippen molar-refractivity contribution in [2.75, 3.05) is 7.11 Å². The van der Waals surface area contributed by atoms with E-state index in [0.717, 1.165) is 0 Å². The van der Waals surface area contributed by atoms with E-state index in [1.807, 2.05) is 0 Å². The van der Waals surface area contributed by atoms with Gasteiger partial charge in [-0.3, -0.25) is 4.79 Å². The van der Waals surface area contributed by atoms with Crippen LogP contribution < -0.4 is 14.8 Å². The molecule has 10 heteroatoms. The molecule has 1 aliphatic rings. The summed E-state index contributed by atoms with van der Waals surface area (Å²) in [6.07, 6.45) is 1.69. The first-order chi connectivity index (χ1) is 15.9. The van der Waals surface area contributed by atoms with Gasteiger partial charge in [-0.05, 0) is 71.9 Å². The molecule has 4 rings (SSSR count). The molecule has 1 amide bonds. The van der Waals surface area contributed by atoms with Crippen LogP contribution in [-0.4, -0.2) is 29.3 Å². The number of rotatable bonds is 7. The molecule has 3 aromatic rings. The molecule has 0 atom stereocenters. The Kier molecular flexibility index (Phi) is 6.45. The molecule has 33 heavy (non-hydrogen) atoms. The highest BCUT2D eigenvalue weighted by Gasteiger charge is 2.24. The molecule has 2 heterocycles. The summed E-state index contributed by atoms with van der Waals surface area (Å²) in [5.74, 6) is -0.779. The number of carboxylic acids is 1. The smallest absolute Gasteiger partial charge is 0.371 e. The van der Waals surface area contributed by atoms with E-state index in [1.54, 1.807) is 24.3 Å². The number of carbonyl (C=O) groups excluding carboxylic acids is 1. The molecule has 0 aliphatic carbocycles. The van der Waals surface area contributed by atoms with Crippen LogP contribution in [0.4, 0.5) is 10.1 Å². The van der Waals surface area contributed by atoms with E-state index in [2.05, 4.69) is 10.3 Å². The van der Waals surface area contributed by atoms with Crippen LogP contribution in [0.5, 0.6) is 11.5 Å². The number of hydrogen-bond acceptors (Lipinski definition) is 7. The fourth-order valence-electron chi connectivity index (χ4n) is 2.88. The average molecular weight is 468 g/mol. The number of nitrogens with one attached hydrogen (secondary N) is 1. The number of furan rings is 1. The first-order valence-electron chi connectivity index (χ1n) is 9.59. The van der Waals surface area contributed by atoms with Gasteiger partial charge in [-0.1, -0.05) is 6.07 Å². The Balaban J connectivity index is 1.47. The Morgan fingerprint density at radius 3 is 2.67 bits per heavy atom. The SMILES string of the molecule is COc1cc(C=C2SC(=Nc3ccc(F)cc3)NC2=O)ccc1OCc1ccc(C(=O)O)o1. The number of aliphatic imine (C=N–C) groups is 1. The maximum absolute atomic E-state index is 13.0. The topological polar surface area (TPSA) is 110 Å². The van der Waals surface area contributed by atoms with Gasteiger partial charge < -0.3 is 24.3 Å². The number of hydrogen-bond donors (Lipinski definition) is 2. The molecular formula is C23H17FN2O6S. The van der Waals surface area contributed by atoms with Gasteiger partial charge in [-0.15, -0.1) is 0 Å². The van der Waals surface area contributed by atoms with Crippen molar-refractivity contribution >= 4 is 40.6 Å². The summed E-state index contributed by atoms with van der Waals surface area (Å²) >= 11 is 1.17. The van der Waals surface area contributed by atoms with Crippen LogP contribution >= 0.6 is 11.8 Å². The first-order valence-corrected chi connectivity index (χ1v) is 10.4. The van der Waals surface area contributed by atoms with Crippen molar-refractivity contribution in [3.63, 3.8) is 0 Å². The van der Waals surface area contributed by atoms with Gasteiger partial charge in [0.15, 0.2) is 16.7 Å². The fourth-order valence-corrected chi connectivity index (χ4v) is 3.72. The minimum Gasteiger partial charge on any atom is -0.493 e. The summed E-state index contributed by atoms with van der Waals surface area (Å²) in [6, 6.07) is 13.6. The zero-order chi connectivity index (χ0) is 23.4. The lowest BCUT2D eigenvalue weighted by Gasteiger charge is -2.10. The van der Waals surface area contributed by atoms with Crippen molar-refractivity contribution in [3.05, 3.63) is 82.4 Å². The van der Waals surface area contributed by atoms with Crippen LogP contribution in [-0.2, 0) is 11.4 Å². The molecule has 1 saturated heterocycles. The summed E-state index contributed by atoms with van der Waals surface area (Å²) in [4.78, 5) is 28.0. The van der Waals surface area contributed by atoms with Crippen molar-refractivity contribution in [2.45, 2.75) is 6.61 Å². The molecule has 168 valence electrons. The number of thioether (sulfide) groups is 1. The molecule has 1 aromatic heterocycles. The second-order valence-corrected chi connectivity index (χ2v) is 7.76. The summed E-state index contributed by atoms with van der Waals surface area (Å²) < 4.78 is 29.3. The van der Waals surface area contributed by atoms with E-state index >= 15 is 0 Å². The fraction of sp³-hybridized carbons (Fsp3) is 0.0870. The van der Waals surface area contributed by atoms with Gasteiger partial charge in [0.2, 0.25) is 5.76 Å². The third kappa shape index (κ3) is 5.42. The predicted octanol–water partition coefficient (Wildman–Crippen LogP) is 4.60. The molecule has 8 nitrogen and oxygen atoms in total. The number of carboxylic acid groups (broad SMARTS) is 1. The van der Waals surface area contributed by atoms with Gasteiger partial charge in [-0.2, -0.15) is 0 Å². The van der Waals surface area contributed by atoms with E-state index in [-0.39, 0.29) is 24.1 Å². The van der Waals surface area contributed by atoms with Crippen molar-refractivity contribution in [3.8, 4) is 11.5 Å². The summed E-state index contributed by atoms with van der Waals surface area (Å²) in [5, 5.41) is 12.0. The lowest BCUT2D eigenvalue weighted by atomic mass is 10.2. The normalized spacial score (nSPS) is 15.6. The van der Waals surface area contributed by atoms with Gasteiger partial charge in [0.1, 0.15) is 18.2 Å². The summed E-state index contributed by atoms with van der Waals surface area (Å²) in [6.45, 7) is 0.0194. The molecule has 0 unspecified atom stereocenters. The zero-order valence-corrected chi connectivity index (χ0v) is 18.0. The number of methoxy groups -OCH3 is 1. The monoisotopic (exact) mass is 468 g/mol. The van der Waals surface area contributed by atoms with Crippen LogP contribution in [0.25, 0.3) is 6.08 Å². The minimum absolute atomic E-state index is 0.0194. The molecule has 0 spiro atoms. The van der Waals surface area contributed by atoms with Crippen LogP contribution in [0.2, 0.25) is 0 Å². The molecule has 2 N–H and O–H groups in total. The van der Waals surface area contributed by atoms with Crippen molar-refractivity contribution in [2.24, 2.45) is 4.99 Å². The number of aromatic carboxylic acids is 1. The Bertz CT molecular complexity index is 1270. The number of amides is 1. The molecular weight excluding hydrogens is 451 g/mol. The van der Waals surface area contributed by atoms with Gasteiger partial charge >= 0.3 is 5.97 Å². The average Bonchev–Trinajstić information content (AvgIpc) is 3.41. The van der Waals surface area contributed by atoms with Crippen LogP contribution in [0.1, 0.15) is 21.9 Å². The first kappa shape index (κ1) is 22.2. The van der Waals surface area contributed by atoms with E-state index in [4.69, 9.17) is 19.0 Å². The quantitative estimate of drug-likeness (QED) is 0.488. The van der Waals surface area contributed by atoms with Crippen LogP contribution in [0.15, 0.2) is 68.9 Å². The van der Waals surface area contributed by atoms with E-state index in [9.17, 15) is 14.0 Å². The van der Waals surface area contributed by atoms with Gasteiger partial charge in [0, 0.05) is 0 Å². The van der Waals surface area contributed by atoms with E-state index < -0.39 is 5.97 Å². The number of amidine groups is 1. The molecule has 1 fully saturated rings. The molecule has 0 bridgehead atoms. The molecule has 1 aliphatic heterocycles. The number of halogens is 1. The zero-order valence-electron chi connectivity index (χ0n) is 17.2. The predicted molar refractivity (Wildman–Crippen MR) is 120 cm³/mol. The van der Waals surface area contributed by atoms with Gasteiger partial charge in [0.05, 0.1) is 17.7 Å². The van der Waals surface area contributed by atoms with E-state index in [0.29, 0.717) is 38.6 Å². The molecule has 2 aromatic carbocycles. The highest BCUT2D eigenvalue weighted by atomic mass is 32.2. The second-order valence-electron chi connectivity index (χ2n) is 6.73. The molecule has 0 saturated carbocycles. The summed E-state index contributed by atoms with van der Waals surface area (Å²) in [5.41, 5.74) is 1.22. The number of benzene rings is 2. The highest BCUT2D eigenvalue weighted by Crippen LogP contribution is 2.32. The summed E-state index contributed by atoms with van der Waals surface area (Å²) in [7, 11) is 1.49. The lowest BCUT2D eigenvalue weighted by Crippen LogP contribution is -2.19. The highest BCUT2D eigenvalue weighted by molar-refractivity contribution is 8.18. The minimum atomic E-state index is -1.16. The largest absolute Gasteiger partial charge is 0.493 e. The third-order valence-electron chi connectivity index (χ3n) is 4.44. The Labute approximate surface area is 191 Å². The maximum Gasteiger partial charge on any atom is 0.371 e. The number of ether oxygens (including phenoxy) is 2. The van der Waals surface area contributed by atoms with Crippen molar-refractivity contribution < 1.29 is 33.0 Å². The Morgan fingerprint density at radius 1 is 1.18 bits per heavy atom. The van der Waals surface area contributed by atoms with Gasteiger partial charge in [-0.25, -0.2) is 14.2 Å². The lowest BCUT2D eigenvalue weighted by molar-refractivity contribution is -0.115. The van der Waals surface area contributed by atoms with E-state index in [1.165, 1.54) is 55.3 Å². The number of nitrogens with zero attached hydrogens (tertiary/aromatic N) is 1. The molecule has 0 radical (unpaired) electrons. The van der Waals surface area contributed by atoms with Crippen LogP contribution in [0, 0.1) is 5.82 Å². The van der Waals surface area contributed by atoms with Gasteiger partial charge in [0.25, 0.3) is 5.91 Å². The Hall–Kier alpha value is -4.05. The van der Waals surface area contributed by atoms with Crippen molar-refractivity contribution in [1.82, 2.24) is 5.32 Å². The van der Waals surface area contributed by atoms with Crippen molar-refractivity contribution in [1.29, 1.82) is 0 Å².